The van der Waals surface area contributed by atoms with Crippen LogP contribution in [0, 0.1) is 5.82 Å². The number of nitrogens with two attached hydrogens (primary N) is 1. The highest BCUT2D eigenvalue weighted by Crippen LogP contribution is 2.42. The van der Waals surface area contributed by atoms with Gasteiger partial charge in [-0.15, -0.1) is 0 Å². The van der Waals surface area contributed by atoms with Crippen LogP contribution in [0.3, 0.4) is 0 Å². The summed E-state index contributed by atoms with van der Waals surface area (Å²) in [5.41, 5.74) is 13.9. The second-order valence-corrected chi connectivity index (χ2v) is 8.51. The van der Waals surface area contributed by atoms with Gasteiger partial charge in [0, 0.05) is 40.8 Å². The standard InChI is InChI=1S/C26H28FN3O/c1-16-14-26(2,3)30-23-11-10-20(21-9-8-17(27)12-24(21)31-4)22(25(16)23)15-29-19-7-5-6-18(28)13-19/h5-14,29-30H,15,28H2,1-4H3. The van der Waals surface area contributed by atoms with Gasteiger partial charge in [0.1, 0.15) is 11.6 Å². The number of hydrogen-bond acceptors (Lipinski definition) is 4. The highest BCUT2D eigenvalue weighted by Gasteiger charge is 2.26. The topological polar surface area (TPSA) is 59.3 Å². The van der Waals surface area contributed by atoms with E-state index in [1.54, 1.807) is 13.2 Å². The maximum absolute atomic E-state index is 13.9. The monoisotopic (exact) mass is 417 g/mol. The Kier molecular flexibility index (Phi) is 5.36. The van der Waals surface area contributed by atoms with Crippen LogP contribution in [0.1, 0.15) is 31.9 Å². The molecule has 3 aromatic rings. The largest absolute Gasteiger partial charge is 0.496 e. The molecule has 160 valence electrons. The van der Waals surface area contributed by atoms with Gasteiger partial charge in [-0.1, -0.05) is 18.2 Å². The molecule has 1 aliphatic heterocycles. The van der Waals surface area contributed by atoms with E-state index in [9.17, 15) is 4.39 Å². The smallest absolute Gasteiger partial charge is 0.129 e. The van der Waals surface area contributed by atoms with Crippen molar-refractivity contribution in [3.63, 3.8) is 0 Å². The third-order valence-corrected chi connectivity index (χ3v) is 5.55. The van der Waals surface area contributed by atoms with E-state index < -0.39 is 0 Å². The number of anilines is 3. The van der Waals surface area contributed by atoms with Gasteiger partial charge >= 0.3 is 0 Å². The quantitative estimate of drug-likeness (QED) is 0.426. The van der Waals surface area contributed by atoms with Gasteiger partial charge in [-0.2, -0.15) is 0 Å². The Morgan fingerprint density at radius 1 is 1.06 bits per heavy atom. The van der Waals surface area contributed by atoms with Crippen molar-refractivity contribution in [2.24, 2.45) is 0 Å². The number of fused-ring (bicyclic) bond motifs is 1. The molecule has 0 amide bonds. The molecule has 0 radical (unpaired) electrons. The van der Waals surface area contributed by atoms with Gasteiger partial charge in [0.15, 0.2) is 0 Å². The fraction of sp³-hybridized carbons (Fsp3) is 0.231. The number of allylic oxidation sites excluding steroid dienone is 1. The number of halogens is 1. The van der Waals surface area contributed by atoms with Crippen molar-refractivity contribution in [1.29, 1.82) is 0 Å². The first-order valence-electron chi connectivity index (χ1n) is 10.3. The van der Waals surface area contributed by atoms with E-state index in [-0.39, 0.29) is 11.4 Å². The van der Waals surface area contributed by atoms with Crippen LogP contribution in [0.2, 0.25) is 0 Å². The highest BCUT2D eigenvalue weighted by atomic mass is 19.1. The van der Waals surface area contributed by atoms with Crippen LogP contribution in [0.25, 0.3) is 16.7 Å². The molecule has 1 heterocycles. The van der Waals surface area contributed by atoms with Crippen LogP contribution in [0.4, 0.5) is 21.5 Å². The number of hydrogen-bond donors (Lipinski definition) is 3. The van der Waals surface area contributed by atoms with Crippen molar-refractivity contribution in [1.82, 2.24) is 0 Å². The van der Waals surface area contributed by atoms with E-state index in [4.69, 9.17) is 10.5 Å². The van der Waals surface area contributed by atoms with Crippen molar-refractivity contribution in [2.45, 2.75) is 32.9 Å². The predicted molar refractivity (Wildman–Crippen MR) is 128 cm³/mol. The Labute approximate surface area is 182 Å². The molecule has 0 unspecified atom stereocenters. The summed E-state index contributed by atoms with van der Waals surface area (Å²) < 4.78 is 19.4. The SMILES string of the molecule is COc1cc(F)ccc1-c1ccc2c(c1CNc1cccc(N)c1)C(C)=CC(C)(C)N2. The minimum atomic E-state index is -0.322. The number of methoxy groups -OCH3 is 1. The molecule has 3 aromatic carbocycles. The first kappa shape index (κ1) is 20.8. The number of nitrogen functional groups attached to an aromatic ring is 1. The molecule has 4 nitrogen and oxygen atoms in total. The van der Waals surface area contributed by atoms with Crippen molar-refractivity contribution in [2.75, 3.05) is 23.5 Å². The summed E-state index contributed by atoms with van der Waals surface area (Å²) in [7, 11) is 1.57. The lowest BCUT2D eigenvalue weighted by Gasteiger charge is -2.33. The van der Waals surface area contributed by atoms with Gasteiger partial charge in [-0.25, -0.2) is 4.39 Å². The Bertz CT molecular complexity index is 1170. The molecule has 0 aliphatic carbocycles. The average Bonchev–Trinajstić information content (AvgIpc) is 2.71. The van der Waals surface area contributed by atoms with Crippen LogP contribution in [-0.4, -0.2) is 12.6 Å². The summed E-state index contributed by atoms with van der Waals surface area (Å²) in [6.45, 7) is 7.02. The van der Waals surface area contributed by atoms with Gasteiger partial charge in [0.2, 0.25) is 0 Å². The molecule has 5 heteroatoms. The maximum Gasteiger partial charge on any atom is 0.129 e. The molecule has 4 N–H and O–H groups in total. The first-order valence-corrected chi connectivity index (χ1v) is 10.3. The van der Waals surface area contributed by atoms with E-state index in [0.29, 0.717) is 18.0 Å². The summed E-state index contributed by atoms with van der Waals surface area (Å²) >= 11 is 0. The minimum Gasteiger partial charge on any atom is -0.496 e. The first-order chi connectivity index (χ1) is 14.8. The summed E-state index contributed by atoms with van der Waals surface area (Å²) in [4.78, 5) is 0. The number of nitrogens with one attached hydrogen (secondary N) is 2. The predicted octanol–water partition coefficient (Wildman–Crippen LogP) is 6.30. The summed E-state index contributed by atoms with van der Waals surface area (Å²) in [6, 6.07) is 16.5. The van der Waals surface area contributed by atoms with E-state index in [2.05, 4.69) is 49.6 Å². The molecule has 0 aromatic heterocycles. The van der Waals surface area contributed by atoms with E-state index in [1.165, 1.54) is 17.7 Å². The van der Waals surface area contributed by atoms with Gasteiger partial charge in [0.05, 0.1) is 12.6 Å². The Morgan fingerprint density at radius 3 is 2.58 bits per heavy atom. The average molecular weight is 418 g/mol. The zero-order valence-electron chi connectivity index (χ0n) is 18.3. The molecular formula is C26H28FN3O. The van der Waals surface area contributed by atoms with Crippen molar-refractivity contribution >= 4 is 22.6 Å². The Hall–Kier alpha value is -3.47. The van der Waals surface area contributed by atoms with Gasteiger partial charge in [-0.3, -0.25) is 0 Å². The fourth-order valence-electron chi connectivity index (χ4n) is 4.36. The summed E-state index contributed by atoms with van der Waals surface area (Å²) in [5, 5.41) is 7.12. The summed E-state index contributed by atoms with van der Waals surface area (Å²) in [6.07, 6.45) is 2.24. The van der Waals surface area contributed by atoms with Crippen molar-refractivity contribution in [3.8, 4) is 16.9 Å². The Morgan fingerprint density at radius 2 is 1.84 bits per heavy atom. The Balaban J connectivity index is 1.87. The van der Waals surface area contributed by atoms with Gasteiger partial charge < -0.3 is 21.1 Å². The molecule has 0 fully saturated rings. The minimum absolute atomic E-state index is 0.134. The molecule has 1 aliphatic rings. The molecule has 0 spiro atoms. The molecule has 0 saturated heterocycles. The van der Waals surface area contributed by atoms with E-state index in [0.717, 1.165) is 33.6 Å². The van der Waals surface area contributed by atoms with Crippen LogP contribution in [-0.2, 0) is 6.54 Å². The lowest BCUT2D eigenvalue weighted by Crippen LogP contribution is -2.32. The fourth-order valence-corrected chi connectivity index (χ4v) is 4.36. The zero-order chi connectivity index (χ0) is 22.2. The maximum atomic E-state index is 13.9. The molecular weight excluding hydrogens is 389 g/mol. The molecule has 4 rings (SSSR count). The lowest BCUT2D eigenvalue weighted by molar-refractivity contribution is 0.413. The third kappa shape index (κ3) is 4.22. The number of benzene rings is 3. The van der Waals surface area contributed by atoms with Gasteiger partial charge in [-0.05, 0) is 73.9 Å². The van der Waals surface area contributed by atoms with Crippen LogP contribution < -0.4 is 21.1 Å². The van der Waals surface area contributed by atoms with Crippen molar-refractivity contribution in [3.05, 3.63) is 77.6 Å². The van der Waals surface area contributed by atoms with Crippen LogP contribution >= 0.6 is 0 Å². The number of ether oxygens (including phenoxy) is 1. The number of rotatable bonds is 5. The lowest BCUT2D eigenvalue weighted by atomic mass is 9.85. The van der Waals surface area contributed by atoms with Crippen LogP contribution in [0.15, 0.2) is 60.7 Å². The zero-order valence-corrected chi connectivity index (χ0v) is 18.3. The van der Waals surface area contributed by atoms with Gasteiger partial charge in [0.25, 0.3) is 0 Å². The third-order valence-electron chi connectivity index (χ3n) is 5.55. The van der Waals surface area contributed by atoms with Crippen LogP contribution in [0.5, 0.6) is 5.75 Å². The second kappa shape index (κ2) is 7.99. The summed E-state index contributed by atoms with van der Waals surface area (Å²) in [5.74, 6) is 0.188. The highest BCUT2D eigenvalue weighted by molar-refractivity contribution is 5.88. The second-order valence-electron chi connectivity index (χ2n) is 8.51. The van der Waals surface area contributed by atoms with E-state index in [1.807, 2.05) is 24.3 Å². The molecule has 0 atom stereocenters. The molecule has 0 bridgehead atoms. The normalized spacial score (nSPS) is 14.3. The molecule has 0 saturated carbocycles. The van der Waals surface area contributed by atoms with Crippen molar-refractivity contribution < 1.29 is 9.13 Å². The van der Waals surface area contributed by atoms with E-state index >= 15 is 0 Å². The molecule has 31 heavy (non-hydrogen) atoms.